The molecule has 6 nitrogen and oxygen atoms in total. The summed E-state index contributed by atoms with van der Waals surface area (Å²) >= 11 is 5.55. The number of halogens is 2. The molecule has 1 aromatic rings. The zero-order valence-electron chi connectivity index (χ0n) is 11.2. The van der Waals surface area contributed by atoms with Gasteiger partial charge in [0.1, 0.15) is 18.0 Å². The molecule has 1 aliphatic heterocycles. The van der Waals surface area contributed by atoms with Gasteiger partial charge < -0.3 is 20.1 Å². The van der Waals surface area contributed by atoms with Crippen LogP contribution in [-0.4, -0.2) is 47.3 Å². The van der Waals surface area contributed by atoms with Crippen LogP contribution in [0.25, 0.3) is 0 Å². The van der Waals surface area contributed by atoms with Crippen molar-refractivity contribution < 1.29 is 23.8 Å². The van der Waals surface area contributed by atoms with Crippen molar-refractivity contribution in [2.45, 2.75) is 12.5 Å². The average molecular weight is 317 g/mol. The van der Waals surface area contributed by atoms with Crippen LogP contribution in [0.3, 0.4) is 0 Å². The Hall–Kier alpha value is -1.86. The van der Waals surface area contributed by atoms with Gasteiger partial charge in [0.2, 0.25) is 0 Å². The van der Waals surface area contributed by atoms with Crippen molar-refractivity contribution in [1.29, 1.82) is 0 Å². The number of rotatable bonds is 4. The second-order valence-electron chi connectivity index (χ2n) is 5.05. The van der Waals surface area contributed by atoms with E-state index in [4.69, 9.17) is 21.4 Å². The number of aliphatic carboxylic acids is 1. The molecule has 2 amide bonds. The van der Waals surface area contributed by atoms with Crippen molar-refractivity contribution in [2.24, 2.45) is 0 Å². The van der Waals surface area contributed by atoms with Crippen LogP contribution in [0.2, 0.25) is 5.02 Å². The molecule has 8 heteroatoms. The maximum atomic E-state index is 13.3. The molecule has 0 atom stereocenters. The van der Waals surface area contributed by atoms with Gasteiger partial charge in [-0.05, 0) is 25.1 Å². The fourth-order valence-electron chi connectivity index (χ4n) is 2.01. The number of carbonyl (C=O) groups is 2. The predicted molar refractivity (Wildman–Crippen MR) is 74.0 cm³/mol. The first-order valence-electron chi connectivity index (χ1n) is 6.16. The Labute approximate surface area is 125 Å². The fourth-order valence-corrected chi connectivity index (χ4v) is 2.13. The first-order chi connectivity index (χ1) is 9.79. The molecule has 0 radical (unpaired) electrons. The van der Waals surface area contributed by atoms with Gasteiger partial charge in [-0.2, -0.15) is 0 Å². The first kappa shape index (κ1) is 15.5. The average Bonchev–Trinajstić information content (AvgIpc) is 2.37. The molecule has 0 aliphatic carbocycles. The molecule has 114 valence electrons. The normalized spacial score (nSPS) is 16.2. The van der Waals surface area contributed by atoms with Crippen molar-refractivity contribution in [1.82, 2.24) is 4.90 Å². The van der Waals surface area contributed by atoms with Crippen LogP contribution in [0.4, 0.5) is 14.9 Å². The Morgan fingerprint density at radius 2 is 2.19 bits per heavy atom. The second kappa shape index (κ2) is 5.87. The van der Waals surface area contributed by atoms with Crippen molar-refractivity contribution in [2.75, 3.05) is 25.0 Å². The van der Waals surface area contributed by atoms with E-state index in [2.05, 4.69) is 5.32 Å². The number of carboxylic acids is 1. The lowest BCUT2D eigenvalue weighted by atomic mass is 9.97. The molecule has 2 rings (SSSR count). The van der Waals surface area contributed by atoms with E-state index < -0.39 is 30.0 Å². The number of nitrogens with zero attached hydrogens (tertiary/aromatic N) is 1. The summed E-state index contributed by atoms with van der Waals surface area (Å²) < 4.78 is 18.4. The highest BCUT2D eigenvalue weighted by Gasteiger charge is 2.42. The molecule has 0 aromatic heterocycles. The van der Waals surface area contributed by atoms with Crippen molar-refractivity contribution in [3.63, 3.8) is 0 Å². The van der Waals surface area contributed by atoms with Crippen LogP contribution in [-0.2, 0) is 9.53 Å². The van der Waals surface area contributed by atoms with E-state index in [-0.39, 0.29) is 18.1 Å². The summed E-state index contributed by atoms with van der Waals surface area (Å²) in [5.41, 5.74) is -0.372. The summed E-state index contributed by atoms with van der Waals surface area (Å²) in [4.78, 5) is 23.8. The number of amides is 2. The highest BCUT2D eigenvalue weighted by atomic mass is 35.5. The van der Waals surface area contributed by atoms with E-state index in [1.807, 2.05) is 0 Å². The minimum absolute atomic E-state index is 0.0217. The highest BCUT2D eigenvalue weighted by Crippen LogP contribution is 2.26. The van der Waals surface area contributed by atoms with Gasteiger partial charge in [-0.1, -0.05) is 11.6 Å². The van der Waals surface area contributed by atoms with Gasteiger partial charge in [-0.3, -0.25) is 0 Å². The minimum atomic E-state index is -1.06. The Bertz CT molecular complexity index is 575. The van der Waals surface area contributed by atoms with E-state index in [9.17, 15) is 14.0 Å². The molecule has 1 aromatic carbocycles. The number of benzene rings is 1. The van der Waals surface area contributed by atoms with Gasteiger partial charge in [0.05, 0.1) is 18.1 Å². The number of carboxylic acid groups (broad SMARTS) is 1. The SMILES string of the molecule is CC1(OCC(=O)O)CN(C(=O)Nc2ccc(Cl)c(F)c2)C1. The lowest BCUT2D eigenvalue weighted by Gasteiger charge is -2.46. The van der Waals surface area contributed by atoms with Gasteiger partial charge in [0.15, 0.2) is 0 Å². The highest BCUT2D eigenvalue weighted by molar-refractivity contribution is 6.30. The van der Waals surface area contributed by atoms with Crippen LogP contribution in [0, 0.1) is 5.82 Å². The number of ether oxygens (including phenoxy) is 1. The predicted octanol–water partition coefficient (Wildman–Crippen LogP) is 2.19. The Balaban J connectivity index is 1.86. The molecule has 0 spiro atoms. The van der Waals surface area contributed by atoms with E-state index >= 15 is 0 Å². The number of anilines is 1. The molecule has 1 aliphatic rings. The molecular formula is C13H14ClFN2O4. The summed E-state index contributed by atoms with van der Waals surface area (Å²) in [5, 5.41) is 11.1. The maximum Gasteiger partial charge on any atom is 0.329 e. The Morgan fingerprint density at radius 1 is 1.52 bits per heavy atom. The third kappa shape index (κ3) is 3.83. The van der Waals surface area contributed by atoms with E-state index in [1.54, 1.807) is 6.92 Å². The topological polar surface area (TPSA) is 78.9 Å². The lowest BCUT2D eigenvalue weighted by Crippen LogP contribution is -2.64. The zero-order valence-corrected chi connectivity index (χ0v) is 12.0. The van der Waals surface area contributed by atoms with Crippen LogP contribution < -0.4 is 5.32 Å². The number of likely N-dealkylation sites (tertiary alicyclic amines) is 1. The number of hydrogen-bond donors (Lipinski definition) is 2. The largest absolute Gasteiger partial charge is 0.480 e. The number of nitrogens with one attached hydrogen (secondary N) is 1. The van der Waals surface area contributed by atoms with Crippen molar-refractivity contribution in [3.8, 4) is 0 Å². The summed E-state index contributed by atoms with van der Waals surface area (Å²) in [7, 11) is 0. The Kier molecular flexibility index (Phi) is 4.34. The molecule has 0 saturated carbocycles. The van der Waals surface area contributed by atoms with Gasteiger partial charge in [-0.25, -0.2) is 14.0 Å². The first-order valence-corrected chi connectivity index (χ1v) is 6.54. The quantitative estimate of drug-likeness (QED) is 0.892. The van der Waals surface area contributed by atoms with Gasteiger partial charge in [-0.15, -0.1) is 0 Å². The van der Waals surface area contributed by atoms with Crippen LogP contribution in [0.1, 0.15) is 6.92 Å². The number of urea groups is 1. The maximum absolute atomic E-state index is 13.3. The standard InChI is InChI=1S/C13H14ClFN2O4/c1-13(21-5-11(18)19)6-17(7-13)12(20)16-8-2-3-9(14)10(15)4-8/h2-4H,5-7H2,1H3,(H,16,20)(H,18,19). The van der Waals surface area contributed by atoms with E-state index in [0.717, 1.165) is 6.07 Å². The molecule has 0 unspecified atom stereocenters. The number of carbonyl (C=O) groups excluding carboxylic acids is 1. The Morgan fingerprint density at radius 3 is 2.76 bits per heavy atom. The zero-order chi connectivity index (χ0) is 15.6. The van der Waals surface area contributed by atoms with E-state index in [1.165, 1.54) is 17.0 Å². The number of hydrogen-bond acceptors (Lipinski definition) is 3. The third-order valence-corrected chi connectivity index (χ3v) is 3.36. The van der Waals surface area contributed by atoms with Gasteiger partial charge >= 0.3 is 12.0 Å². The van der Waals surface area contributed by atoms with Crippen LogP contribution in [0.15, 0.2) is 18.2 Å². The summed E-state index contributed by atoms with van der Waals surface area (Å²) in [5.74, 6) is -1.68. The van der Waals surface area contributed by atoms with E-state index in [0.29, 0.717) is 5.69 Å². The smallest absolute Gasteiger partial charge is 0.329 e. The van der Waals surface area contributed by atoms with Crippen molar-refractivity contribution >= 4 is 29.3 Å². The summed E-state index contributed by atoms with van der Waals surface area (Å²) in [6, 6.07) is 3.56. The van der Waals surface area contributed by atoms with Crippen molar-refractivity contribution in [3.05, 3.63) is 29.0 Å². The molecule has 0 bridgehead atoms. The molecule has 21 heavy (non-hydrogen) atoms. The van der Waals surface area contributed by atoms with Crippen LogP contribution >= 0.6 is 11.6 Å². The fraction of sp³-hybridized carbons (Fsp3) is 0.385. The summed E-state index contributed by atoms with van der Waals surface area (Å²) in [6.07, 6.45) is 0. The molecule has 2 N–H and O–H groups in total. The lowest BCUT2D eigenvalue weighted by molar-refractivity contribution is -0.159. The van der Waals surface area contributed by atoms with Crippen LogP contribution in [0.5, 0.6) is 0 Å². The molecule has 1 fully saturated rings. The molecular weight excluding hydrogens is 303 g/mol. The van der Waals surface area contributed by atoms with Gasteiger partial charge in [0.25, 0.3) is 0 Å². The monoisotopic (exact) mass is 316 g/mol. The third-order valence-electron chi connectivity index (χ3n) is 3.05. The molecule has 1 saturated heterocycles. The van der Waals surface area contributed by atoms with Gasteiger partial charge in [0, 0.05) is 5.69 Å². The summed E-state index contributed by atoms with van der Waals surface area (Å²) in [6.45, 7) is 1.85. The molecule has 1 heterocycles. The second-order valence-corrected chi connectivity index (χ2v) is 5.45. The minimum Gasteiger partial charge on any atom is -0.480 e.